The van der Waals surface area contributed by atoms with Crippen molar-refractivity contribution in [2.75, 3.05) is 40.3 Å². The average molecular weight is 478 g/mol. The average Bonchev–Trinajstić information content (AvgIpc) is 2.58. The molecular weight excluding hydrogens is 442 g/mol. The Bertz CT molecular complexity index is 477. The Kier molecular flexibility index (Phi) is 15.7. The van der Waals surface area contributed by atoms with Crippen LogP contribution < -0.4 is 10.6 Å². The first-order valence-corrected chi connectivity index (χ1v) is 9.53. The molecule has 0 spiro atoms. The normalized spacial score (nSPS) is 11.3. The van der Waals surface area contributed by atoms with Gasteiger partial charge in [0.2, 0.25) is 0 Å². The van der Waals surface area contributed by atoms with Crippen molar-refractivity contribution in [2.45, 2.75) is 45.4 Å². The predicted octanol–water partition coefficient (Wildman–Crippen LogP) is 4.05. The molecule has 0 unspecified atom stereocenters. The molecule has 1 rings (SSSR count). The molecule has 0 aliphatic rings. The van der Waals surface area contributed by atoms with Crippen LogP contribution in [0.25, 0.3) is 0 Å². The first-order chi connectivity index (χ1) is 12.1. The first kappa shape index (κ1) is 25.1. The van der Waals surface area contributed by atoms with E-state index < -0.39 is 0 Å². The van der Waals surface area contributed by atoms with Crippen molar-refractivity contribution in [3.63, 3.8) is 0 Å². The van der Waals surface area contributed by atoms with Crippen LogP contribution in [0.15, 0.2) is 29.3 Å². The van der Waals surface area contributed by atoms with Crippen molar-refractivity contribution >= 4 is 29.9 Å². The third kappa shape index (κ3) is 13.3. The van der Waals surface area contributed by atoms with Crippen LogP contribution in [0, 0.1) is 5.82 Å². The van der Waals surface area contributed by atoms with Gasteiger partial charge in [-0.25, -0.2) is 4.39 Å². The molecule has 0 saturated heterocycles. The molecule has 0 aliphatic carbocycles. The van der Waals surface area contributed by atoms with Crippen LogP contribution in [0.3, 0.4) is 0 Å². The highest BCUT2D eigenvalue weighted by Crippen LogP contribution is 2.04. The highest BCUT2D eigenvalue weighted by molar-refractivity contribution is 14.0. The molecule has 0 radical (unpaired) electrons. The number of rotatable bonds is 12. The Morgan fingerprint density at radius 1 is 1.00 bits per heavy atom. The van der Waals surface area contributed by atoms with E-state index in [9.17, 15) is 4.39 Å². The van der Waals surface area contributed by atoms with E-state index in [1.54, 1.807) is 0 Å². The zero-order valence-electron chi connectivity index (χ0n) is 16.6. The summed E-state index contributed by atoms with van der Waals surface area (Å²) >= 11 is 0. The van der Waals surface area contributed by atoms with Crippen molar-refractivity contribution in [2.24, 2.45) is 4.99 Å². The number of aliphatic imine (C=N–C) groups is 1. The molecule has 0 aliphatic heterocycles. The third-order valence-corrected chi connectivity index (χ3v) is 4.00. The highest BCUT2D eigenvalue weighted by Gasteiger charge is 1.99. The maximum absolute atomic E-state index is 12.9. The molecule has 0 fully saturated rings. The van der Waals surface area contributed by atoms with Gasteiger partial charge in [0.15, 0.2) is 5.96 Å². The highest BCUT2D eigenvalue weighted by atomic mass is 127. The summed E-state index contributed by atoms with van der Waals surface area (Å²) in [4.78, 5) is 6.87. The fourth-order valence-electron chi connectivity index (χ4n) is 2.58. The number of unbranched alkanes of at least 4 members (excludes halogenated alkanes) is 4. The molecule has 26 heavy (non-hydrogen) atoms. The number of nitrogens with zero attached hydrogens (tertiary/aromatic N) is 2. The van der Waals surface area contributed by atoms with E-state index in [2.05, 4.69) is 41.5 Å². The molecule has 0 aromatic heterocycles. The van der Waals surface area contributed by atoms with Crippen molar-refractivity contribution in [3.8, 4) is 0 Å². The summed E-state index contributed by atoms with van der Waals surface area (Å²) in [5, 5.41) is 6.62. The van der Waals surface area contributed by atoms with E-state index in [0.29, 0.717) is 0 Å². The van der Waals surface area contributed by atoms with Gasteiger partial charge in [-0.2, -0.15) is 0 Å². The molecule has 150 valence electrons. The Balaban J connectivity index is 0.00000625. The van der Waals surface area contributed by atoms with E-state index in [4.69, 9.17) is 0 Å². The van der Waals surface area contributed by atoms with Crippen LogP contribution in [0.2, 0.25) is 0 Å². The minimum atomic E-state index is -0.187. The van der Waals surface area contributed by atoms with Crippen molar-refractivity contribution in [1.82, 2.24) is 15.5 Å². The van der Waals surface area contributed by atoms with Crippen LogP contribution in [-0.2, 0) is 6.42 Å². The number of benzene rings is 1. The van der Waals surface area contributed by atoms with Crippen molar-refractivity contribution in [1.29, 1.82) is 0 Å². The standard InChI is InChI=1S/C20H35FN4.HI/c1-4-22-20(23-15-8-6-5-7-9-17-25(2)3)24-16-14-18-10-12-19(21)13-11-18;/h10-13H,4-9,14-17H2,1-3H3,(H2,22,23,24);1H. The van der Waals surface area contributed by atoms with E-state index in [0.717, 1.165) is 44.0 Å². The van der Waals surface area contributed by atoms with Gasteiger partial charge in [0.25, 0.3) is 0 Å². The van der Waals surface area contributed by atoms with Crippen LogP contribution >= 0.6 is 24.0 Å². The van der Waals surface area contributed by atoms with Gasteiger partial charge in [-0.1, -0.05) is 31.4 Å². The largest absolute Gasteiger partial charge is 0.357 e. The minimum absolute atomic E-state index is 0. The van der Waals surface area contributed by atoms with Gasteiger partial charge >= 0.3 is 0 Å². The van der Waals surface area contributed by atoms with Crippen LogP contribution in [0.5, 0.6) is 0 Å². The number of guanidine groups is 1. The minimum Gasteiger partial charge on any atom is -0.357 e. The van der Waals surface area contributed by atoms with Gasteiger partial charge in [0.05, 0.1) is 0 Å². The number of hydrogen-bond acceptors (Lipinski definition) is 2. The quantitative estimate of drug-likeness (QED) is 0.206. The summed E-state index contributed by atoms with van der Waals surface area (Å²) in [6, 6.07) is 6.68. The maximum atomic E-state index is 12.9. The maximum Gasteiger partial charge on any atom is 0.191 e. The van der Waals surface area contributed by atoms with E-state index in [1.165, 1.54) is 44.4 Å². The lowest BCUT2D eigenvalue weighted by molar-refractivity contribution is 0.390. The molecule has 2 N–H and O–H groups in total. The van der Waals surface area contributed by atoms with Gasteiger partial charge in [0.1, 0.15) is 5.82 Å². The number of halogens is 2. The Labute approximate surface area is 176 Å². The van der Waals surface area contributed by atoms with Gasteiger partial charge in [-0.15, -0.1) is 24.0 Å². The second-order valence-corrected chi connectivity index (χ2v) is 6.63. The second-order valence-electron chi connectivity index (χ2n) is 6.63. The summed E-state index contributed by atoms with van der Waals surface area (Å²) in [6.07, 6.45) is 7.11. The summed E-state index contributed by atoms with van der Waals surface area (Å²) in [6.45, 7) is 5.76. The van der Waals surface area contributed by atoms with E-state index in [-0.39, 0.29) is 29.8 Å². The zero-order valence-corrected chi connectivity index (χ0v) is 18.9. The topological polar surface area (TPSA) is 39.7 Å². The smallest absolute Gasteiger partial charge is 0.191 e. The first-order valence-electron chi connectivity index (χ1n) is 9.53. The summed E-state index contributed by atoms with van der Waals surface area (Å²) in [5.41, 5.74) is 1.13. The van der Waals surface area contributed by atoms with E-state index in [1.807, 2.05) is 12.1 Å². The molecule has 0 amide bonds. The summed E-state index contributed by atoms with van der Waals surface area (Å²) in [5.74, 6) is 0.686. The molecule has 0 atom stereocenters. The van der Waals surface area contributed by atoms with E-state index >= 15 is 0 Å². The molecule has 6 heteroatoms. The summed E-state index contributed by atoms with van der Waals surface area (Å²) in [7, 11) is 4.25. The van der Waals surface area contributed by atoms with Crippen molar-refractivity contribution < 1.29 is 4.39 Å². The predicted molar refractivity (Wildman–Crippen MR) is 121 cm³/mol. The van der Waals surface area contributed by atoms with Gasteiger partial charge in [0, 0.05) is 19.6 Å². The number of hydrogen-bond donors (Lipinski definition) is 2. The SMILES string of the molecule is CCNC(=NCCCCCCCN(C)C)NCCc1ccc(F)cc1.I. The molecular formula is C20H36FIN4. The summed E-state index contributed by atoms with van der Waals surface area (Å²) < 4.78 is 12.9. The zero-order chi connectivity index (χ0) is 18.3. The molecule has 0 heterocycles. The fourth-order valence-corrected chi connectivity index (χ4v) is 2.58. The van der Waals surface area contributed by atoms with Gasteiger partial charge in [-0.05, 0) is 64.5 Å². The fraction of sp³-hybridized carbons (Fsp3) is 0.650. The monoisotopic (exact) mass is 478 g/mol. The molecule has 1 aromatic carbocycles. The van der Waals surface area contributed by atoms with Gasteiger partial charge in [-0.3, -0.25) is 4.99 Å². The lowest BCUT2D eigenvalue weighted by Gasteiger charge is -2.11. The molecule has 0 bridgehead atoms. The van der Waals surface area contributed by atoms with Crippen molar-refractivity contribution in [3.05, 3.63) is 35.6 Å². The molecule has 0 saturated carbocycles. The Hall–Kier alpha value is -0.890. The Morgan fingerprint density at radius 2 is 1.65 bits per heavy atom. The van der Waals surface area contributed by atoms with Crippen LogP contribution in [-0.4, -0.2) is 51.1 Å². The number of nitrogens with one attached hydrogen (secondary N) is 2. The lowest BCUT2D eigenvalue weighted by atomic mass is 10.1. The lowest BCUT2D eigenvalue weighted by Crippen LogP contribution is -2.38. The van der Waals surface area contributed by atoms with Gasteiger partial charge < -0.3 is 15.5 Å². The molecule has 4 nitrogen and oxygen atoms in total. The van der Waals surface area contributed by atoms with Crippen LogP contribution in [0.1, 0.15) is 44.6 Å². The second kappa shape index (κ2) is 16.3. The Morgan fingerprint density at radius 3 is 2.31 bits per heavy atom. The third-order valence-electron chi connectivity index (χ3n) is 4.00. The molecule has 1 aromatic rings. The van der Waals surface area contributed by atoms with Crippen LogP contribution in [0.4, 0.5) is 4.39 Å².